The molecule has 60 valence electrons. The van der Waals surface area contributed by atoms with E-state index in [1.165, 1.54) is 0 Å². The molecule has 0 heterocycles. The predicted octanol–water partition coefficient (Wildman–Crippen LogP) is 0.881. The third-order valence-corrected chi connectivity index (χ3v) is 0.826. The summed E-state index contributed by atoms with van der Waals surface area (Å²) in [6, 6.07) is 0. The van der Waals surface area contributed by atoms with Crippen molar-refractivity contribution >= 4 is 11.0 Å². The Morgan fingerprint density at radius 3 is 2.00 bits per heavy atom. The molecule has 0 aromatic carbocycles. The first-order valence-electron chi connectivity index (χ1n) is 2.35. The molecule has 0 aliphatic rings. The van der Waals surface area contributed by atoms with Crippen LogP contribution in [0, 0.1) is 5.92 Å². The molecule has 0 rings (SSSR count). The SMILES string of the molecule is CC(C)CO[S-](=O)=O.[Ni]. The van der Waals surface area contributed by atoms with Crippen molar-refractivity contribution in [1.29, 1.82) is 0 Å². The van der Waals surface area contributed by atoms with Gasteiger partial charge in [0.2, 0.25) is 0 Å². The summed E-state index contributed by atoms with van der Waals surface area (Å²) in [4.78, 5) is 0. The Balaban J connectivity index is 0. The first-order chi connectivity index (χ1) is 3.63. The van der Waals surface area contributed by atoms with Crippen LogP contribution in [0.1, 0.15) is 13.8 Å². The van der Waals surface area contributed by atoms with Gasteiger partial charge < -0.3 is 12.6 Å². The Bertz CT molecular complexity index is 113. The maximum absolute atomic E-state index is 9.68. The Kier molecular flexibility index (Phi) is 8.78. The van der Waals surface area contributed by atoms with Gasteiger partial charge in [0.15, 0.2) is 0 Å². The fourth-order valence-corrected chi connectivity index (χ4v) is 0.575. The molecule has 0 saturated carbocycles. The zero-order valence-corrected chi connectivity index (χ0v) is 7.04. The minimum absolute atomic E-state index is 0. The summed E-state index contributed by atoms with van der Waals surface area (Å²) in [7, 11) is -2.34. The van der Waals surface area contributed by atoms with Crippen LogP contribution < -0.4 is 0 Å². The molecule has 0 bridgehead atoms. The fraction of sp³-hybridized carbons (Fsp3) is 1.00. The van der Waals surface area contributed by atoms with E-state index in [1.807, 2.05) is 13.8 Å². The maximum Gasteiger partial charge on any atom is 0.0520 e. The van der Waals surface area contributed by atoms with Gasteiger partial charge in [0.05, 0.1) is 11.0 Å². The molecule has 0 amide bonds. The van der Waals surface area contributed by atoms with E-state index in [4.69, 9.17) is 0 Å². The van der Waals surface area contributed by atoms with Gasteiger partial charge in [-0.05, 0) is 5.92 Å². The molecular formula is C4H9NiO3S-. The quantitative estimate of drug-likeness (QED) is 0.496. The molecule has 0 aromatic heterocycles. The van der Waals surface area contributed by atoms with Crippen LogP contribution in [0.15, 0.2) is 0 Å². The summed E-state index contributed by atoms with van der Waals surface area (Å²) in [5, 5.41) is 0. The molecule has 0 unspecified atom stereocenters. The normalized spacial score (nSPS) is 9.78. The van der Waals surface area contributed by atoms with Crippen LogP contribution in [0.25, 0.3) is 0 Å². The zero-order chi connectivity index (χ0) is 6.57. The summed E-state index contributed by atoms with van der Waals surface area (Å²) in [5.41, 5.74) is 0. The van der Waals surface area contributed by atoms with Gasteiger partial charge in [-0.1, -0.05) is 13.8 Å². The molecule has 0 saturated heterocycles. The first kappa shape index (κ1) is 12.1. The van der Waals surface area contributed by atoms with Gasteiger partial charge in [-0.3, -0.25) is 0 Å². The molecule has 5 heteroatoms. The molecule has 0 radical (unpaired) electrons. The minimum Gasteiger partial charge on any atom is -0.424 e. The van der Waals surface area contributed by atoms with Gasteiger partial charge in [-0.2, -0.15) is 0 Å². The van der Waals surface area contributed by atoms with E-state index < -0.39 is 11.0 Å². The molecule has 0 atom stereocenters. The smallest absolute Gasteiger partial charge is 0.0520 e. The summed E-state index contributed by atoms with van der Waals surface area (Å²) >= 11 is 0. The summed E-state index contributed by atoms with van der Waals surface area (Å²) in [6.45, 7) is 4.04. The Hall–Kier alpha value is 0.404. The molecule has 0 fully saturated rings. The molecular weight excluding hydrogens is 187 g/mol. The standard InChI is InChI=1S/C4H9O3S.Ni/c1-4(2)3-7-8(5)6;/h4H,3H2,1-2H3;/q-1;. The largest absolute Gasteiger partial charge is 0.424 e. The summed E-state index contributed by atoms with van der Waals surface area (Å²) < 4.78 is 23.6. The van der Waals surface area contributed by atoms with Crippen molar-refractivity contribution in [2.45, 2.75) is 13.8 Å². The van der Waals surface area contributed by atoms with Crippen LogP contribution in [0.2, 0.25) is 0 Å². The van der Waals surface area contributed by atoms with E-state index in [1.54, 1.807) is 0 Å². The second kappa shape index (κ2) is 6.52. The van der Waals surface area contributed by atoms with Crippen LogP contribution in [-0.2, 0) is 40.1 Å². The van der Waals surface area contributed by atoms with E-state index in [9.17, 15) is 8.42 Å². The molecule has 3 nitrogen and oxygen atoms in total. The van der Waals surface area contributed by atoms with E-state index in [0.717, 1.165) is 0 Å². The van der Waals surface area contributed by atoms with Gasteiger partial charge in [-0.25, -0.2) is 0 Å². The molecule has 0 aliphatic heterocycles. The zero-order valence-electron chi connectivity index (χ0n) is 5.23. The van der Waals surface area contributed by atoms with Crippen molar-refractivity contribution < 1.29 is 29.1 Å². The number of hydrogen-bond donors (Lipinski definition) is 0. The maximum atomic E-state index is 9.68. The van der Waals surface area contributed by atoms with E-state index in [0.29, 0.717) is 0 Å². The second-order valence-corrected chi connectivity index (χ2v) is 2.53. The van der Waals surface area contributed by atoms with Gasteiger partial charge in [-0.15, -0.1) is 0 Å². The molecule has 9 heavy (non-hydrogen) atoms. The second-order valence-electron chi connectivity index (χ2n) is 1.88. The van der Waals surface area contributed by atoms with E-state index in [2.05, 4.69) is 4.18 Å². The first-order valence-corrected chi connectivity index (χ1v) is 3.35. The van der Waals surface area contributed by atoms with Crippen LogP contribution in [0.4, 0.5) is 0 Å². The minimum atomic E-state index is -2.34. The molecule has 0 N–H and O–H groups in total. The third kappa shape index (κ3) is 11.8. The van der Waals surface area contributed by atoms with Gasteiger partial charge in [0, 0.05) is 23.1 Å². The Labute approximate surface area is 66.9 Å². The van der Waals surface area contributed by atoms with Crippen molar-refractivity contribution in [3.05, 3.63) is 0 Å². The van der Waals surface area contributed by atoms with Crippen LogP contribution in [-0.4, -0.2) is 6.61 Å². The molecule has 0 aliphatic carbocycles. The van der Waals surface area contributed by atoms with Gasteiger partial charge >= 0.3 is 0 Å². The molecule has 0 spiro atoms. The summed E-state index contributed by atoms with van der Waals surface area (Å²) in [5.74, 6) is 0.271. The topological polar surface area (TPSA) is 43.4 Å². The van der Waals surface area contributed by atoms with Crippen molar-refractivity contribution in [1.82, 2.24) is 0 Å². The Morgan fingerprint density at radius 1 is 1.44 bits per heavy atom. The van der Waals surface area contributed by atoms with Crippen molar-refractivity contribution in [3.8, 4) is 0 Å². The van der Waals surface area contributed by atoms with Gasteiger partial charge in [0.1, 0.15) is 0 Å². The number of hydrogen-bond acceptors (Lipinski definition) is 4. The van der Waals surface area contributed by atoms with Crippen LogP contribution in [0.5, 0.6) is 0 Å². The average Bonchev–Trinajstić information content (AvgIpc) is 1.61. The fourth-order valence-electron chi connectivity index (χ4n) is 0.192. The summed E-state index contributed by atoms with van der Waals surface area (Å²) in [6.07, 6.45) is 0. The monoisotopic (exact) mass is 195 g/mol. The van der Waals surface area contributed by atoms with Crippen LogP contribution in [0.3, 0.4) is 0 Å². The van der Waals surface area contributed by atoms with E-state index in [-0.39, 0.29) is 29.0 Å². The van der Waals surface area contributed by atoms with Crippen molar-refractivity contribution in [3.63, 3.8) is 0 Å². The third-order valence-electron chi connectivity index (χ3n) is 0.498. The van der Waals surface area contributed by atoms with Crippen molar-refractivity contribution in [2.24, 2.45) is 5.92 Å². The average molecular weight is 196 g/mol. The van der Waals surface area contributed by atoms with E-state index >= 15 is 0 Å². The van der Waals surface area contributed by atoms with Gasteiger partial charge in [0.25, 0.3) is 0 Å². The number of rotatable bonds is 3. The Morgan fingerprint density at radius 2 is 1.89 bits per heavy atom. The van der Waals surface area contributed by atoms with Crippen LogP contribution >= 0.6 is 0 Å². The predicted molar refractivity (Wildman–Crippen MR) is 29.5 cm³/mol. The molecule has 0 aromatic rings. The van der Waals surface area contributed by atoms with Crippen molar-refractivity contribution in [2.75, 3.05) is 6.61 Å².